The summed E-state index contributed by atoms with van der Waals surface area (Å²) in [5.41, 5.74) is 5.27. The number of furan rings is 1. The molecular weight excluding hydrogens is 194 g/mol. The van der Waals surface area contributed by atoms with E-state index in [1.165, 1.54) is 6.07 Å². The minimum Gasteiger partial charge on any atom is -0.455 e. The van der Waals surface area contributed by atoms with Crippen molar-refractivity contribution in [2.45, 2.75) is 6.92 Å². The van der Waals surface area contributed by atoms with Crippen molar-refractivity contribution in [2.75, 3.05) is 5.88 Å². The maximum atomic E-state index is 11.1. The topological polar surface area (TPSA) is 73.3 Å². The summed E-state index contributed by atoms with van der Waals surface area (Å²) in [4.78, 5) is 21.8. The van der Waals surface area contributed by atoms with Crippen LogP contribution in [0.2, 0.25) is 0 Å². The van der Waals surface area contributed by atoms with Crippen LogP contribution in [0.25, 0.3) is 0 Å². The third kappa shape index (κ3) is 1.89. The van der Waals surface area contributed by atoms with Crippen molar-refractivity contribution in [3.63, 3.8) is 0 Å². The quantitative estimate of drug-likeness (QED) is 0.588. The Hall–Kier alpha value is -1.29. The fourth-order valence-corrected chi connectivity index (χ4v) is 1.10. The smallest absolute Gasteiger partial charge is 0.284 e. The lowest BCUT2D eigenvalue weighted by Gasteiger charge is -1.89. The number of carbonyl (C=O) groups excluding carboxylic acids is 2. The van der Waals surface area contributed by atoms with E-state index >= 15 is 0 Å². The van der Waals surface area contributed by atoms with Gasteiger partial charge in [0.1, 0.15) is 5.76 Å². The van der Waals surface area contributed by atoms with Crippen LogP contribution >= 0.6 is 11.6 Å². The molecule has 1 aromatic rings. The molecule has 4 nitrogen and oxygen atoms in total. The van der Waals surface area contributed by atoms with E-state index in [1.54, 1.807) is 6.92 Å². The molecule has 70 valence electrons. The Bertz CT molecular complexity index is 356. The van der Waals surface area contributed by atoms with Crippen LogP contribution in [0.1, 0.15) is 26.7 Å². The average molecular weight is 202 g/mol. The maximum Gasteiger partial charge on any atom is 0.284 e. The van der Waals surface area contributed by atoms with Crippen molar-refractivity contribution in [2.24, 2.45) is 5.73 Å². The highest BCUT2D eigenvalue weighted by atomic mass is 35.5. The van der Waals surface area contributed by atoms with Gasteiger partial charge in [-0.15, -0.1) is 11.6 Å². The molecule has 2 N–H and O–H groups in total. The number of Topliss-reactive ketones (excluding diaryl/α,β-unsaturated/α-hetero) is 1. The van der Waals surface area contributed by atoms with Gasteiger partial charge in [-0.05, 0) is 6.92 Å². The Labute approximate surface area is 79.7 Å². The van der Waals surface area contributed by atoms with Crippen molar-refractivity contribution in [1.82, 2.24) is 0 Å². The summed E-state index contributed by atoms with van der Waals surface area (Å²) in [5.74, 6) is -0.781. The van der Waals surface area contributed by atoms with Gasteiger partial charge in [0, 0.05) is 6.07 Å². The maximum absolute atomic E-state index is 11.1. The van der Waals surface area contributed by atoms with Gasteiger partial charge in [0.25, 0.3) is 5.91 Å². The highest BCUT2D eigenvalue weighted by molar-refractivity contribution is 6.30. The highest BCUT2D eigenvalue weighted by Crippen LogP contribution is 2.15. The second-order valence-electron chi connectivity index (χ2n) is 2.50. The Morgan fingerprint density at radius 3 is 2.62 bits per heavy atom. The van der Waals surface area contributed by atoms with Gasteiger partial charge in [0.2, 0.25) is 0 Å². The first-order valence-corrected chi connectivity index (χ1v) is 4.09. The number of aryl methyl sites for hydroxylation is 1. The van der Waals surface area contributed by atoms with E-state index < -0.39 is 5.91 Å². The molecule has 0 atom stereocenters. The molecule has 0 unspecified atom stereocenters. The molecule has 1 amide bonds. The first-order chi connectivity index (χ1) is 6.06. The third-order valence-electron chi connectivity index (χ3n) is 1.58. The van der Waals surface area contributed by atoms with Gasteiger partial charge in [-0.3, -0.25) is 9.59 Å². The molecule has 0 aliphatic rings. The van der Waals surface area contributed by atoms with Gasteiger partial charge in [0.15, 0.2) is 11.5 Å². The number of hydrogen-bond donors (Lipinski definition) is 1. The van der Waals surface area contributed by atoms with Crippen molar-refractivity contribution in [3.05, 3.63) is 23.2 Å². The molecular formula is C8H8ClNO3. The molecule has 0 aliphatic carbocycles. The SMILES string of the molecule is Cc1oc(C(N)=O)cc1C(=O)CCl. The van der Waals surface area contributed by atoms with Crippen LogP contribution in [-0.4, -0.2) is 17.6 Å². The van der Waals surface area contributed by atoms with Crippen LogP contribution < -0.4 is 5.73 Å². The number of halogens is 1. The fourth-order valence-electron chi connectivity index (χ4n) is 0.952. The van der Waals surface area contributed by atoms with Crippen molar-refractivity contribution in [3.8, 4) is 0 Å². The molecule has 1 aromatic heterocycles. The molecule has 0 aromatic carbocycles. The first kappa shape index (κ1) is 9.80. The van der Waals surface area contributed by atoms with Gasteiger partial charge in [-0.25, -0.2) is 0 Å². The minimum atomic E-state index is -0.697. The van der Waals surface area contributed by atoms with Gasteiger partial charge >= 0.3 is 0 Å². The summed E-state index contributed by atoms with van der Waals surface area (Å²) in [5, 5.41) is 0. The van der Waals surface area contributed by atoms with Gasteiger partial charge in [0.05, 0.1) is 11.4 Å². The lowest BCUT2D eigenvalue weighted by atomic mass is 10.2. The summed E-state index contributed by atoms with van der Waals surface area (Å²) in [6, 6.07) is 1.31. The molecule has 0 radical (unpaired) electrons. The fraction of sp³-hybridized carbons (Fsp3) is 0.250. The average Bonchev–Trinajstić information content (AvgIpc) is 2.46. The molecule has 0 saturated heterocycles. The summed E-state index contributed by atoms with van der Waals surface area (Å²) >= 11 is 5.34. The molecule has 0 bridgehead atoms. The molecule has 1 rings (SSSR count). The van der Waals surface area contributed by atoms with E-state index in [4.69, 9.17) is 21.8 Å². The van der Waals surface area contributed by atoms with E-state index in [9.17, 15) is 9.59 Å². The zero-order chi connectivity index (χ0) is 10.0. The van der Waals surface area contributed by atoms with Gasteiger partial charge in [-0.1, -0.05) is 0 Å². The van der Waals surface area contributed by atoms with Crippen molar-refractivity contribution >= 4 is 23.3 Å². The number of alkyl halides is 1. The molecule has 0 saturated carbocycles. The van der Waals surface area contributed by atoms with Crippen molar-refractivity contribution in [1.29, 1.82) is 0 Å². The van der Waals surface area contributed by atoms with Crippen LogP contribution in [0.15, 0.2) is 10.5 Å². The second-order valence-corrected chi connectivity index (χ2v) is 2.77. The molecule has 0 fully saturated rings. The number of nitrogens with two attached hydrogens (primary N) is 1. The zero-order valence-electron chi connectivity index (χ0n) is 6.96. The number of rotatable bonds is 3. The summed E-state index contributed by atoms with van der Waals surface area (Å²) in [6.07, 6.45) is 0. The number of carbonyl (C=O) groups is 2. The molecule has 13 heavy (non-hydrogen) atoms. The van der Waals surface area contributed by atoms with Crippen LogP contribution in [0.3, 0.4) is 0 Å². The Kier molecular flexibility index (Phi) is 2.72. The summed E-state index contributed by atoms with van der Waals surface area (Å²) in [6.45, 7) is 1.58. The highest BCUT2D eigenvalue weighted by Gasteiger charge is 2.16. The Balaban J connectivity index is 3.10. The summed E-state index contributed by atoms with van der Waals surface area (Å²) in [7, 11) is 0. The normalized spacial score (nSPS) is 10.0. The van der Waals surface area contributed by atoms with E-state index in [0.717, 1.165) is 0 Å². The van der Waals surface area contributed by atoms with Gasteiger partial charge in [-0.2, -0.15) is 0 Å². The third-order valence-corrected chi connectivity index (χ3v) is 1.83. The number of amides is 1. The lowest BCUT2D eigenvalue weighted by Crippen LogP contribution is -2.09. The van der Waals surface area contributed by atoms with E-state index in [0.29, 0.717) is 11.3 Å². The van der Waals surface area contributed by atoms with Crippen LogP contribution in [0, 0.1) is 6.92 Å². The van der Waals surface area contributed by atoms with E-state index in [-0.39, 0.29) is 17.4 Å². The number of hydrogen-bond acceptors (Lipinski definition) is 3. The van der Waals surface area contributed by atoms with E-state index in [1.807, 2.05) is 0 Å². The zero-order valence-corrected chi connectivity index (χ0v) is 7.72. The molecule has 5 heteroatoms. The number of primary amides is 1. The van der Waals surface area contributed by atoms with Crippen LogP contribution in [0.4, 0.5) is 0 Å². The van der Waals surface area contributed by atoms with Crippen LogP contribution in [0.5, 0.6) is 0 Å². The largest absolute Gasteiger partial charge is 0.455 e. The molecule has 1 heterocycles. The van der Waals surface area contributed by atoms with Gasteiger partial charge < -0.3 is 10.2 Å². The standard InChI is InChI=1S/C8H8ClNO3/c1-4-5(6(11)3-9)2-7(13-4)8(10)12/h2H,3H2,1H3,(H2,10,12). The first-order valence-electron chi connectivity index (χ1n) is 3.55. The second kappa shape index (κ2) is 3.62. The Morgan fingerprint density at radius 1 is 1.62 bits per heavy atom. The molecule has 0 aliphatic heterocycles. The summed E-state index contributed by atoms with van der Waals surface area (Å²) < 4.78 is 4.95. The van der Waals surface area contributed by atoms with Crippen molar-refractivity contribution < 1.29 is 14.0 Å². The predicted molar refractivity (Wildman–Crippen MR) is 47.0 cm³/mol. The predicted octanol–water partition coefficient (Wildman–Crippen LogP) is 1.11. The molecule has 0 spiro atoms. The monoisotopic (exact) mass is 201 g/mol. The minimum absolute atomic E-state index is 0.0223. The van der Waals surface area contributed by atoms with Crippen LogP contribution in [-0.2, 0) is 0 Å². The Morgan fingerprint density at radius 2 is 2.23 bits per heavy atom. The van der Waals surface area contributed by atoms with E-state index in [2.05, 4.69) is 0 Å². The number of ketones is 1. The lowest BCUT2D eigenvalue weighted by molar-refractivity contribution is 0.0970.